The van der Waals surface area contributed by atoms with Crippen LogP contribution in [-0.4, -0.2) is 4.98 Å². The summed E-state index contributed by atoms with van der Waals surface area (Å²) in [6, 6.07) is 10.4. The quantitative estimate of drug-likeness (QED) is 0.811. The molecule has 2 rings (SSSR count). The SMILES string of the molecule is CCCCc1cc(=O)[nH]c2cc[c]cc12. The normalized spacial score (nSPS) is 10.7. The van der Waals surface area contributed by atoms with Gasteiger partial charge in [-0.05, 0) is 36.6 Å². The van der Waals surface area contributed by atoms with Crippen LogP contribution in [0.5, 0.6) is 0 Å². The largest absolute Gasteiger partial charge is 0.322 e. The molecule has 0 saturated carbocycles. The minimum absolute atomic E-state index is 0.0141. The van der Waals surface area contributed by atoms with E-state index in [1.54, 1.807) is 6.07 Å². The minimum atomic E-state index is -0.0141. The number of hydrogen-bond donors (Lipinski definition) is 1. The van der Waals surface area contributed by atoms with Crippen molar-refractivity contribution in [2.24, 2.45) is 0 Å². The molecule has 0 saturated heterocycles. The maximum Gasteiger partial charge on any atom is 0.248 e. The number of fused-ring (bicyclic) bond motifs is 1. The Hall–Kier alpha value is -1.57. The first-order chi connectivity index (χ1) is 7.31. The van der Waals surface area contributed by atoms with Gasteiger partial charge in [-0.2, -0.15) is 0 Å². The van der Waals surface area contributed by atoms with Crippen molar-refractivity contribution in [3.63, 3.8) is 0 Å². The van der Waals surface area contributed by atoms with Gasteiger partial charge in [-0.1, -0.05) is 19.4 Å². The molecule has 1 N–H and O–H groups in total. The van der Waals surface area contributed by atoms with E-state index >= 15 is 0 Å². The molecule has 1 heterocycles. The molecule has 0 spiro atoms. The summed E-state index contributed by atoms with van der Waals surface area (Å²) >= 11 is 0. The van der Waals surface area contributed by atoms with Crippen molar-refractivity contribution in [3.05, 3.63) is 46.2 Å². The number of aromatic nitrogens is 1. The van der Waals surface area contributed by atoms with Crippen LogP contribution in [0.15, 0.2) is 29.1 Å². The molecule has 2 heteroatoms. The lowest BCUT2D eigenvalue weighted by Gasteiger charge is -2.04. The third-order valence-electron chi connectivity index (χ3n) is 2.57. The van der Waals surface area contributed by atoms with Crippen LogP contribution in [0.1, 0.15) is 25.3 Å². The summed E-state index contributed by atoms with van der Waals surface area (Å²) in [6.45, 7) is 2.15. The highest BCUT2D eigenvalue weighted by Gasteiger charge is 2.01. The molecule has 0 aliphatic heterocycles. The molecule has 2 nitrogen and oxygen atoms in total. The third-order valence-corrected chi connectivity index (χ3v) is 2.57. The number of nitrogens with one attached hydrogen (secondary N) is 1. The number of rotatable bonds is 3. The lowest BCUT2D eigenvalue weighted by molar-refractivity contribution is 0.797. The molecule has 0 atom stereocenters. The van der Waals surface area contributed by atoms with E-state index in [0.29, 0.717) is 0 Å². The van der Waals surface area contributed by atoms with Gasteiger partial charge in [-0.25, -0.2) is 0 Å². The average Bonchev–Trinajstić information content (AvgIpc) is 2.25. The highest BCUT2D eigenvalue weighted by Crippen LogP contribution is 2.15. The molecule has 1 aromatic heterocycles. The van der Waals surface area contributed by atoms with Gasteiger partial charge >= 0.3 is 0 Å². The number of aryl methyl sites for hydroxylation is 1. The van der Waals surface area contributed by atoms with Gasteiger partial charge in [0, 0.05) is 17.0 Å². The van der Waals surface area contributed by atoms with Crippen molar-refractivity contribution >= 4 is 10.9 Å². The topological polar surface area (TPSA) is 32.9 Å². The molecular formula is C13H14NO. The fraction of sp³-hybridized carbons (Fsp3) is 0.308. The summed E-state index contributed by atoms with van der Waals surface area (Å²) in [5.41, 5.74) is 2.03. The van der Waals surface area contributed by atoms with Crippen LogP contribution in [0.2, 0.25) is 0 Å². The Bertz CT molecular complexity index is 513. The van der Waals surface area contributed by atoms with E-state index in [-0.39, 0.29) is 5.56 Å². The Morgan fingerprint density at radius 3 is 3.13 bits per heavy atom. The highest BCUT2D eigenvalue weighted by atomic mass is 16.1. The summed E-state index contributed by atoms with van der Waals surface area (Å²) in [6.07, 6.45) is 3.23. The highest BCUT2D eigenvalue weighted by molar-refractivity contribution is 5.81. The zero-order valence-corrected chi connectivity index (χ0v) is 8.84. The van der Waals surface area contributed by atoms with Gasteiger partial charge in [-0.15, -0.1) is 0 Å². The summed E-state index contributed by atoms with van der Waals surface area (Å²) in [4.78, 5) is 14.2. The Balaban J connectivity index is 2.55. The van der Waals surface area contributed by atoms with Crippen LogP contribution >= 0.6 is 0 Å². The van der Waals surface area contributed by atoms with Gasteiger partial charge in [0.1, 0.15) is 0 Å². The monoisotopic (exact) mass is 200 g/mol. The zero-order valence-electron chi connectivity index (χ0n) is 8.84. The van der Waals surface area contributed by atoms with Gasteiger partial charge in [-0.3, -0.25) is 4.79 Å². The van der Waals surface area contributed by atoms with Crippen molar-refractivity contribution in [2.45, 2.75) is 26.2 Å². The molecule has 1 radical (unpaired) electrons. The van der Waals surface area contributed by atoms with E-state index in [4.69, 9.17) is 0 Å². The zero-order chi connectivity index (χ0) is 10.7. The standard InChI is InChI=1S/C13H14NO/c1-2-3-6-10-9-13(15)14-12-8-5-4-7-11(10)12/h5,7-9H,2-3,6H2,1H3,(H,14,15). The second kappa shape index (κ2) is 4.30. The summed E-state index contributed by atoms with van der Waals surface area (Å²) < 4.78 is 0. The van der Waals surface area contributed by atoms with Gasteiger partial charge in [0.2, 0.25) is 5.56 Å². The van der Waals surface area contributed by atoms with Crippen LogP contribution in [0.4, 0.5) is 0 Å². The number of pyridine rings is 1. The Morgan fingerprint density at radius 1 is 1.47 bits per heavy atom. The van der Waals surface area contributed by atoms with Crippen molar-refractivity contribution in [3.8, 4) is 0 Å². The first-order valence-electron chi connectivity index (χ1n) is 5.33. The number of hydrogen-bond acceptors (Lipinski definition) is 1. The van der Waals surface area contributed by atoms with Crippen LogP contribution < -0.4 is 5.56 Å². The summed E-state index contributed by atoms with van der Waals surface area (Å²) in [5.74, 6) is 0. The lowest BCUT2D eigenvalue weighted by atomic mass is 10.0. The first kappa shape index (κ1) is 9.97. The fourth-order valence-corrected chi connectivity index (χ4v) is 1.78. The van der Waals surface area contributed by atoms with E-state index in [1.165, 1.54) is 0 Å². The number of unbranched alkanes of at least 4 members (excludes halogenated alkanes) is 1. The Morgan fingerprint density at radius 2 is 2.33 bits per heavy atom. The number of aromatic amines is 1. The van der Waals surface area contributed by atoms with Gasteiger partial charge in [0.25, 0.3) is 0 Å². The number of benzene rings is 1. The Labute approximate surface area is 89.0 Å². The van der Waals surface area contributed by atoms with Crippen molar-refractivity contribution in [2.75, 3.05) is 0 Å². The predicted octanol–water partition coefficient (Wildman–Crippen LogP) is 2.67. The minimum Gasteiger partial charge on any atom is -0.322 e. The number of H-pyrrole nitrogens is 1. The Kier molecular flexibility index (Phi) is 2.86. The van der Waals surface area contributed by atoms with E-state index in [9.17, 15) is 4.79 Å². The molecule has 0 bridgehead atoms. The van der Waals surface area contributed by atoms with Gasteiger partial charge in [0.05, 0.1) is 0 Å². The van der Waals surface area contributed by atoms with Gasteiger partial charge in [0.15, 0.2) is 0 Å². The average molecular weight is 200 g/mol. The van der Waals surface area contributed by atoms with Crippen LogP contribution in [0.25, 0.3) is 10.9 Å². The summed E-state index contributed by atoms with van der Waals surface area (Å²) in [5, 5.41) is 1.12. The lowest BCUT2D eigenvalue weighted by Crippen LogP contribution is -2.06. The molecule has 0 fully saturated rings. The van der Waals surface area contributed by atoms with E-state index in [1.807, 2.05) is 18.2 Å². The fourth-order valence-electron chi connectivity index (χ4n) is 1.78. The van der Waals surface area contributed by atoms with Crippen molar-refractivity contribution in [1.29, 1.82) is 0 Å². The maximum absolute atomic E-state index is 11.4. The molecule has 1 aromatic carbocycles. The smallest absolute Gasteiger partial charge is 0.248 e. The molecule has 77 valence electrons. The molecule has 0 aliphatic rings. The molecule has 0 aliphatic carbocycles. The second-order valence-electron chi connectivity index (χ2n) is 3.73. The summed E-state index contributed by atoms with van der Waals surface area (Å²) in [7, 11) is 0. The molecule has 0 amide bonds. The van der Waals surface area contributed by atoms with Crippen LogP contribution in [0.3, 0.4) is 0 Å². The molecule has 0 unspecified atom stereocenters. The van der Waals surface area contributed by atoms with E-state index in [2.05, 4.69) is 18.0 Å². The maximum atomic E-state index is 11.4. The van der Waals surface area contributed by atoms with Gasteiger partial charge < -0.3 is 4.98 Å². The first-order valence-corrected chi connectivity index (χ1v) is 5.33. The van der Waals surface area contributed by atoms with Crippen LogP contribution in [-0.2, 0) is 6.42 Å². The molecular weight excluding hydrogens is 186 g/mol. The molecule has 2 aromatic rings. The van der Waals surface area contributed by atoms with E-state index < -0.39 is 0 Å². The van der Waals surface area contributed by atoms with Crippen LogP contribution in [0, 0.1) is 6.07 Å². The molecule has 15 heavy (non-hydrogen) atoms. The third kappa shape index (κ3) is 2.09. The predicted molar refractivity (Wildman–Crippen MR) is 62.0 cm³/mol. The van der Waals surface area contributed by atoms with E-state index in [0.717, 1.165) is 35.7 Å². The van der Waals surface area contributed by atoms with Crippen molar-refractivity contribution in [1.82, 2.24) is 4.98 Å². The second-order valence-corrected chi connectivity index (χ2v) is 3.73. The van der Waals surface area contributed by atoms with Crippen molar-refractivity contribution < 1.29 is 0 Å².